The molecule has 0 bridgehead atoms. The van der Waals surface area contributed by atoms with Crippen LogP contribution in [0.4, 0.5) is 0 Å². The molecule has 0 aliphatic carbocycles. The van der Waals surface area contributed by atoms with Crippen molar-refractivity contribution in [1.29, 1.82) is 0 Å². The highest BCUT2D eigenvalue weighted by Gasteiger charge is 2.31. The average molecular weight is 466 g/mol. The molecular weight excluding hydrogens is 430 g/mol. The lowest BCUT2D eigenvalue weighted by molar-refractivity contribution is -0.152. The summed E-state index contributed by atoms with van der Waals surface area (Å²) in [6, 6.07) is 13.8. The summed E-state index contributed by atoms with van der Waals surface area (Å²) in [7, 11) is 0. The van der Waals surface area contributed by atoms with Crippen LogP contribution in [0.1, 0.15) is 63.1 Å². The zero-order valence-electron chi connectivity index (χ0n) is 20.8. The first-order chi connectivity index (χ1) is 16.2. The van der Waals surface area contributed by atoms with E-state index in [0.717, 1.165) is 59.6 Å². The third kappa shape index (κ3) is 6.19. The number of hydrogen-bond donors (Lipinski definition) is 1. The van der Waals surface area contributed by atoms with E-state index in [9.17, 15) is 9.90 Å². The lowest BCUT2D eigenvalue weighted by atomic mass is 10.00. The Labute approximate surface area is 201 Å². The van der Waals surface area contributed by atoms with Crippen molar-refractivity contribution >= 4 is 5.97 Å². The molecule has 0 amide bonds. The summed E-state index contributed by atoms with van der Waals surface area (Å²) in [6.45, 7) is 9.72. The minimum Gasteiger partial charge on any atom is -0.493 e. The minimum absolute atomic E-state index is 0.458. The minimum atomic E-state index is -1.31. The molecule has 0 fully saturated rings. The molecule has 1 heterocycles. The smallest absolute Gasteiger partial charge is 0.347 e. The van der Waals surface area contributed by atoms with E-state index in [1.54, 1.807) is 13.8 Å². The number of hydrogen-bond acceptors (Lipinski definition) is 5. The second-order valence-electron chi connectivity index (χ2n) is 8.97. The molecule has 3 rings (SSSR count). The highest BCUT2D eigenvalue weighted by Crippen LogP contribution is 2.34. The molecule has 3 aromatic rings. The standard InChI is InChI=1S/C28H35NO5/c1-6-11-21-17-23(18-22(12-7-2)25(21)34-28(4,5)27(30)31)32-16-15-24-19(3)33-26(29-24)20-13-9-8-10-14-20/h8-10,13-14,17-18H,6-7,11-12,15-16H2,1-5H3,(H,30,31). The fourth-order valence-corrected chi connectivity index (χ4v) is 3.78. The fourth-order valence-electron chi connectivity index (χ4n) is 3.78. The van der Waals surface area contributed by atoms with Crippen LogP contribution in [-0.2, 0) is 24.1 Å². The Balaban J connectivity index is 1.78. The lowest BCUT2D eigenvalue weighted by Crippen LogP contribution is -2.38. The van der Waals surface area contributed by atoms with E-state index in [1.807, 2.05) is 49.4 Å². The molecule has 0 saturated heterocycles. The number of carboxylic acid groups (broad SMARTS) is 1. The van der Waals surface area contributed by atoms with Crippen LogP contribution in [0.5, 0.6) is 11.5 Å². The number of carboxylic acids is 1. The molecule has 0 spiro atoms. The van der Waals surface area contributed by atoms with Gasteiger partial charge in [-0.05, 0) is 69.0 Å². The maximum absolute atomic E-state index is 11.7. The normalized spacial score (nSPS) is 11.4. The number of ether oxygens (including phenoxy) is 2. The Kier molecular flexibility index (Phi) is 8.37. The third-order valence-corrected chi connectivity index (χ3v) is 5.65. The highest BCUT2D eigenvalue weighted by molar-refractivity contribution is 5.77. The fraction of sp³-hybridized carbons (Fsp3) is 0.429. The Hall–Kier alpha value is -3.28. The van der Waals surface area contributed by atoms with E-state index < -0.39 is 11.6 Å². The maximum Gasteiger partial charge on any atom is 0.347 e. The van der Waals surface area contributed by atoms with Gasteiger partial charge in [0.1, 0.15) is 17.3 Å². The quantitative estimate of drug-likeness (QED) is 0.332. The first-order valence-corrected chi connectivity index (χ1v) is 12.0. The van der Waals surface area contributed by atoms with Crippen LogP contribution >= 0.6 is 0 Å². The summed E-state index contributed by atoms with van der Waals surface area (Å²) in [5.41, 5.74) is 2.47. The van der Waals surface area contributed by atoms with Crippen molar-refractivity contribution < 1.29 is 23.8 Å². The van der Waals surface area contributed by atoms with E-state index >= 15 is 0 Å². The number of carbonyl (C=O) groups is 1. The average Bonchev–Trinajstić information content (AvgIpc) is 3.17. The van der Waals surface area contributed by atoms with Crippen molar-refractivity contribution in [2.75, 3.05) is 6.61 Å². The van der Waals surface area contributed by atoms with Gasteiger partial charge in [-0.3, -0.25) is 0 Å². The number of nitrogens with zero attached hydrogens (tertiary/aromatic N) is 1. The molecule has 0 radical (unpaired) electrons. The summed E-state index contributed by atoms with van der Waals surface area (Å²) < 4.78 is 18.0. The molecule has 6 heteroatoms. The second-order valence-corrected chi connectivity index (χ2v) is 8.97. The van der Waals surface area contributed by atoms with Gasteiger partial charge in [0, 0.05) is 12.0 Å². The molecule has 182 valence electrons. The van der Waals surface area contributed by atoms with Gasteiger partial charge in [-0.15, -0.1) is 0 Å². The molecule has 0 atom stereocenters. The van der Waals surface area contributed by atoms with E-state index in [1.165, 1.54) is 0 Å². The number of rotatable bonds is 12. The molecule has 0 unspecified atom stereocenters. The first kappa shape index (κ1) is 25.3. The molecular formula is C28H35NO5. The van der Waals surface area contributed by atoms with E-state index in [2.05, 4.69) is 18.8 Å². The summed E-state index contributed by atoms with van der Waals surface area (Å²) in [6.07, 6.45) is 4.01. The van der Waals surface area contributed by atoms with E-state index in [4.69, 9.17) is 13.9 Å². The van der Waals surface area contributed by atoms with Crippen LogP contribution in [0.3, 0.4) is 0 Å². The van der Waals surface area contributed by atoms with Gasteiger partial charge in [0.05, 0.1) is 12.3 Å². The van der Waals surface area contributed by atoms with Gasteiger partial charge in [-0.1, -0.05) is 44.9 Å². The second kappa shape index (κ2) is 11.2. The third-order valence-electron chi connectivity index (χ3n) is 5.65. The van der Waals surface area contributed by atoms with Gasteiger partial charge in [0.15, 0.2) is 5.60 Å². The van der Waals surface area contributed by atoms with Gasteiger partial charge < -0.3 is 19.0 Å². The highest BCUT2D eigenvalue weighted by atomic mass is 16.5. The Morgan fingerprint density at radius 3 is 2.21 bits per heavy atom. The van der Waals surface area contributed by atoms with Gasteiger partial charge in [-0.25, -0.2) is 9.78 Å². The SMILES string of the molecule is CCCc1cc(OCCc2nc(-c3ccccc3)oc2C)cc(CCC)c1OC(C)(C)C(=O)O. The number of aliphatic carboxylic acids is 1. The predicted molar refractivity (Wildman–Crippen MR) is 133 cm³/mol. The van der Waals surface area contributed by atoms with Gasteiger partial charge >= 0.3 is 5.97 Å². The zero-order chi connectivity index (χ0) is 24.7. The van der Waals surface area contributed by atoms with Crippen LogP contribution < -0.4 is 9.47 Å². The van der Waals surface area contributed by atoms with Crippen LogP contribution in [0.2, 0.25) is 0 Å². The molecule has 1 aromatic heterocycles. The first-order valence-electron chi connectivity index (χ1n) is 12.0. The van der Waals surface area contributed by atoms with Crippen LogP contribution in [0.25, 0.3) is 11.5 Å². The van der Waals surface area contributed by atoms with Crippen molar-refractivity contribution in [2.24, 2.45) is 0 Å². The van der Waals surface area contributed by atoms with Crippen molar-refractivity contribution in [3.05, 3.63) is 65.0 Å². The van der Waals surface area contributed by atoms with Crippen LogP contribution in [-0.4, -0.2) is 28.3 Å². The Morgan fingerprint density at radius 1 is 1.03 bits per heavy atom. The van der Waals surface area contributed by atoms with Crippen molar-refractivity contribution in [2.45, 2.75) is 72.3 Å². The number of aromatic nitrogens is 1. The largest absolute Gasteiger partial charge is 0.493 e. The summed E-state index contributed by atoms with van der Waals surface area (Å²) in [5, 5.41) is 9.56. The van der Waals surface area contributed by atoms with Crippen molar-refractivity contribution in [3.63, 3.8) is 0 Å². The number of benzene rings is 2. The molecule has 0 aliphatic rings. The monoisotopic (exact) mass is 465 g/mol. The molecule has 2 aromatic carbocycles. The zero-order valence-corrected chi connectivity index (χ0v) is 20.8. The summed E-state index contributed by atoms with van der Waals surface area (Å²) in [5.74, 6) is 1.85. The molecule has 0 aliphatic heterocycles. The van der Waals surface area contributed by atoms with Crippen molar-refractivity contribution in [1.82, 2.24) is 4.98 Å². The van der Waals surface area contributed by atoms with Gasteiger partial charge in [-0.2, -0.15) is 0 Å². The van der Waals surface area contributed by atoms with Gasteiger partial charge in [0.25, 0.3) is 0 Å². The van der Waals surface area contributed by atoms with E-state index in [-0.39, 0.29) is 0 Å². The molecule has 0 saturated carbocycles. The van der Waals surface area contributed by atoms with E-state index in [0.29, 0.717) is 24.7 Å². The van der Waals surface area contributed by atoms with Crippen LogP contribution in [0, 0.1) is 6.92 Å². The predicted octanol–water partition coefficient (Wildman–Crippen LogP) is 6.42. The number of oxazole rings is 1. The lowest BCUT2D eigenvalue weighted by Gasteiger charge is -2.26. The molecule has 34 heavy (non-hydrogen) atoms. The Morgan fingerprint density at radius 2 is 1.65 bits per heavy atom. The van der Waals surface area contributed by atoms with Crippen LogP contribution in [0.15, 0.2) is 46.9 Å². The summed E-state index contributed by atoms with van der Waals surface area (Å²) >= 11 is 0. The molecule has 1 N–H and O–H groups in total. The molecule has 6 nitrogen and oxygen atoms in total. The Bertz CT molecular complexity index is 1070. The van der Waals surface area contributed by atoms with Crippen molar-refractivity contribution in [3.8, 4) is 23.0 Å². The topological polar surface area (TPSA) is 81.8 Å². The summed E-state index contributed by atoms with van der Waals surface area (Å²) in [4.78, 5) is 16.3. The number of aryl methyl sites for hydroxylation is 3. The van der Waals surface area contributed by atoms with Gasteiger partial charge in [0.2, 0.25) is 5.89 Å². The maximum atomic E-state index is 11.7.